The molecule has 1 aromatic carbocycles. The first-order valence-electron chi connectivity index (χ1n) is 12.3. The minimum atomic E-state index is -1.09. The van der Waals surface area contributed by atoms with Crippen LogP contribution in [0, 0.1) is 22.1 Å². The molecule has 0 saturated heterocycles. The van der Waals surface area contributed by atoms with Crippen LogP contribution in [0.4, 0.5) is 10.2 Å². The van der Waals surface area contributed by atoms with Crippen molar-refractivity contribution < 1.29 is 18.7 Å². The first-order valence-corrected chi connectivity index (χ1v) is 13.2. The fraction of sp³-hybridized carbons (Fsp3) is 0.286. The van der Waals surface area contributed by atoms with Crippen LogP contribution in [0.5, 0.6) is 11.8 Å². The Balaban J connectivity index is 1.81. The Morgan fingerprint density at radius 1 is 1.05 bits per heavy atom. The first kappa shape index (κ1) is 28.7. The number of carbonyl (C=O) groups is 2. The van der Waals surface area contributed by atoms with E-state index in [1.807, 2.05) is 31.1 Å². The molecule has 0 spiro atoms. The summed E-state index contributed by atoms with van der Waals surface area (Å²) in [5.41, 5.74) is 2.01. The van der Waals surface area contributed by atoms with Crippen LogP contribution in [0.2, 0.25) is 0 Å². The predicted octanol–water partition coefficient (Wildman–Crippen LogP) is 4.71. The summed E-state index contributed by atoms with van der Waals surface area (Å²) in [6.45, 7) is 3.52. The van der Waals surface area contributed by atoms with Gasteiger partial charge in [-0.2, -0.15) is 4.98 Å². The lowest BCUT2D eigenvalue weighted by atomic mass is 9.70. The van der Waals surface area contributed by atoms with Gasteiger partial charge >= 0.3 is 0 Å². The van der Waals surface area contributed by atoms with Crippen LogP contribution in [0.1, 0.15) is 41.3 Å². The molecule has 1 aliphatic rings. The fourth-order valence-corrected chi connectivity index (χ4v) is 4.78. The molecule has 3 heterocycles. The maximum atomic E-state index is 14.9. The molecule has 2 aromatic heterocycles. The highest BCUT2D eigenvalue weighted by molar-refractivity contribution is 8.24. The molecule has 0 bridgehead atoms. The van der Waals surface area contributed by atoms with Gasteiger partial charge in [0, 0.05) is 50.8 Å². The minimum Gasteiger partial charge on any atom is -0.420 e. The summed E-state index contributed by atoms with van der Waals surface area (Å²) in [5.74, 6) is -0.924. The van der Waals surface area contributed by atoms with Crippen molar-refractivity contribution in [1.82, 2.24) is 20.2 Å². The number of nitrogens with zero attached hydrogens (tertiary/aromatic N) is 4. The van der Waals surface area contributed by atoms with E-state index in [2.05, 4.69) is 15.3 Å². The number of nitrogens with one attached hydrogen (secondary N) is 3. The van der Waals surface area contributed by atoms with Gasteiger partial charge in [-0.15, -0.1) is 0 Å². The number of hydrogen-bond donors (Lipinski definition) is 3. The topological polar surface area (TPSA) is 135 Å². The quantitative estimate of drug-likeness (QED) is 0.292. The number of halogens is 1. The second-order valence-corrected chi connectivity index (χ2v) is 11.1. The number of thioether (sulfide) groups is 1. The van der Waals surface area contributed by atoms with E-state index in [1.165, 1.54) is 17.0 Å². The zero-order valence-corrected chi connectivity index (χ0v) is 23.8. The summed E-state index contributed by atoms with van der Waals surface area (Å²) in [7, 11) is 6.81. The highest BCUT2D eigenvalue weighted by atomic mass is 32.2. The number of anilines is 1. The van der Waals surface area contributed by atoms with E-state index in [1.54, 1.807) is 46.1 Å². The molecular weight excluding hydrogens is 533 g/mol. The largest absolute Gasteiger partial charge is 0.420 e. The van der Waals surface area contributed by atoms with E-state index in [-0.39, 0.29) is 22.5 Å². The van der Waals surface area contributed by atoms with Crippen molar-refractivity contribution in [1.29, 1.82) is 10.8 Å². The standard InChI is InChI=1S/C28H30FN7O3S/c1-28(2,26(38)34-27(31)40-14-30)22-17-9-11-20(15-7-8-16(19(29)13-15)25(37)36(5)6)32-23(17)39-24-18(22)10-12-21(33-24)35(3)4/h7-14,22,30H,1-6H3,(H2,31,34,38). The first-order chi connectivity index (χ1) is 18.8. The lowest BCUT2D eigenvalue weighted by molar-refractivity contribution is -0.128. The summed E-state index contributed by atoms with van der Waals surface area (Å²) < 4.78 is 21.0. The minimum absolute atomic E-state index is 0.0446. The van der Waals surface area contributed by atoms with Gasteiger partial charge in [-0.3, -0.25) is 15.0 Å². The van der Waals surface area contributed by atoms with Gasteiger partial charge in [-0.25, -0.2) is 9.37 Å². The smallest absolute Gasteiger partial charge is 0.256 e. The summed E-state index contributed by atoms with van der Waals surface area (Å²) in [4.78, 5) is 38.1. The molecule has 1 atom stereocenters. The number of carbonyl (C=O) groups excluding carboxylic acids is 2. The Labute approximate surface area is 236 Å². The molecule has 4 rings (SSSR count). The van der Waals surface area contributed by atoms with Gasteiger partial charge in [0.05, 0.1) is 22.2 Å². The Hall–Kier alpha value is -4.32. The van der Waals surface area contributed by atoms with Gasteiger partial charge in [0.25, 0.3) is 5.91 Å². The van der Waals surface area contributed by atoms with Crippen LogP contribution in [0.25, 0.3) is 11.3 Å². The van der Waals surface area contributed by atoms with Gasteiger partial charge in [0.15, 0.2) is 5.17 Å². The van der Waals surface area contributed by atoms with Crippen molar-refractivity contribution in [3.63, 3.8) is 0 Å². The second-order valence-electron chi connectivity index (χ2n) is 10.2. The Morgan fingerprint density at radius 2 is 1.70 bits per heavy atom. The molecule has 0 fully saturated rings. The molecule has 2 amide bonds. The van der Waals surface area contributed by atoms with Gasteiger partial charge in [0.2, 0.25) is 17.7 Å². The van der Waals surface area contributed by atoms with Gasteiger partial charge < -0.3 is 25.3 Å². The summed E-state index contributed by atoms with van der Waals surface area (Å²) in [6.07, 6.45) is 0. The van der Waals surface area contributed by atoms with Crippen molar-refractivity contribution in [3.8, 4) is 23.0 Å². The molecule has 0 radical (unpaired) electrons. The maximum absolute atomic E-state index is 14.9. The van der Waals surface area contributed by atoms with Crippen LogP contribution in [0.3, 0.4) is 0 Å². The average molecular weight is 564 g/mol. The van der Waals surface area contributed by atoms with Crippen molar-refractivity contribution in [3.05, 3.63) is 65.0 Å². The third-order valence-electron chi connectivity index (χ3n) is 6.65. The predicted molar refractivity (Wildman–Crippen MR) is 154 cm³/mol. The van der Waals surface area contributed by atoms with Crippen LogP contribution in [-0.4, -0.2) is 65.6 Å². The highest BCUT2D eigenvalue weighted by Gasteiger charge is 2.45. The van der Waals surface area contributed by atoms with Crippen LogP contribution >= 0.6 is 11.8 Å². The van der Waals surface area contributed by atoms with Crippen molar-refractivity contribution in [2.45, 2.75) is 19.8 Å². The maximum Gasteiger partial charge on any atom is 0.256 e. The molecule has 3 N–H and O–H groups in total. The summed E-state index contributed by atoms with van der Waals surface area (Å²) in [5, 5.41) is 17.6. The second kappa shape index (κ2) is 11.0. The van der Waals surface area contributed by atoms with Crippen LogP contribution in [-0.2, 0) is 4.79 Å². The summed E-state index contributed by atoms with van der Waals surface area (Å²) in [6, 6.07) is 11.5. The molecule has 40 heavy (non-hydrogen) atoms. The number of rotatable bonds is 6. The van der Waals surface area contributed by atoms with E-state index in [0.717, 1.165) is 17.3 Å². The number of amidine groups is 1. The van der Waals surface area contributed by atoms with E-state index in [9.17, 15) is 14.0 Å². The van der Waals surface area contributed by atoms with Crippen LogP contribution in [0.15, 0.2) is 42.5 Å². The molecule has 0 aliphatic carbocycles. The SMILES string of the molecule is CN(C)C(=O)c1ccc(-c2ccc3c(n2)Oc2nc(N(C)C)ccc2C3C(C)(C)C(=O)NC(=N)SC=N)cc1F. The lowest BCUT2D eigenvalue weighted by Crippen LogP contribution is -2.43. The number of ether oxygens (including phenoxy) is 1. The molecule has 1 aliphatic heterocycles. The van der Waals surface area contributed by atoms with E-state index < -0.39 is 29.0 Å². The number of aromatic nitrogens is 2. The molecular formula is C28H30FN7O3S. The van der Waals surface area contributed by atoms with Gasteiger partial charge in [-0.05, 0) is 42.1 Å². The Morgan fingerprint density at radius 3 is 2.30 bits per heavy atom. The third kappa shape index (κ3) is 5.39. The molecule has 10 nitrogen and oxygen atoms in total. The zero-order chi connectivity index (χ0) is 29.4. The normalized spacial score (nSPS) is 13.8. The lowest BCUT2D eigenvalue weighted by Gasteiger charge is -2.37. The highest BCUT2D eigenvalue weighted by Crippen LogP contribution is 2.51. The van der Waals surface area contributed by atoms with Crippen LogP contribution < -0.4 is 15.0 Å². The average Bonchev–Trinajstić information content (AvgIpc) is 2.90. The number of hydrogen-bond acceptors (Lipinski definition) is 9. The van der Waals surface area contributed by atoms with Crippen molar-refractivity contribution in [2.24, 2.45) is 5.41 Å². The van der Waals surface area contributed by atoms with Gasteiger partial charge in [-0.1, -0.05) is 26.0 Å². The molecule has 12 heteroatoms. The van der Waals surface area contributed by atoms with E-state index >= 15 is 0 Å². The van der Waals surface area contributed by atoms with Crippen molar-refractivity contribution >= 4 is 40.1 Å². The Kier molecular flexibility index (Phi) is 7.92. The Bertz CT molecular complexity index is 1520. The van der Waals surface area contributed by atoms with E-state index in [0.29, 0.717) is 28.2 Å². The number of benzene rings is 1. The fourth-order valence-electron chi connectivity index (χ4n) is 4.51. The van der Waals surface area contributed by atoms with Gasteiger partial charge in [0.1, 0.15) is 11.6 Å². The molecule has 0 saturated carbocycles. The summed E-state index contributed by atoms with van der Waals surface area (Å²) >= 11 is 0.787. The number of amides is 2. The zero-order valence-electron chi connectivity index (χ0n) is 23.0. The van der Waals surface area contributed by atoms with Crippen molar-refractivity contribution in [2.75, 3.05) is 33.1 Å². The molecule has 3 aromatic rings. The van der Waals surface area contributed by atoms with E-state index in [4.69, 9.17) is 15.6 Å². The molecule has 208 valence electrons. The number of pyridine rings is 2. The third-order valence-corrected chi connectivity index (χ3v) is 7.11. The number of fused-ring (bicyclic) bond motifs is 2. The molecule has 1 unspecified atom stereocenters. The monoisotopic (exact) mass is 563 g/mol.